The molecule has 2 unspecified atom stereocenters. The molecule has 0 aromatic carbocycles. The van der Waals surface area contributed by atoms with Gasteiger partial charge in [-0.1, -0.05) is 214 Å². The first-order chi connectivity index (χ1) is 34.0. The van der Waals surface area contributed by atoms with Gasteiger partial charge in [-0.15, -0.1) is 0 Å². The van der Waals surface area contributed by atoms with E-state index >= 15 is 0 Å². The second-order valence-electron chi connectivity index (χ2n) is 19.5. The van der Waals surface area contributed by atoms with Gasteiger partial charge in [0.05, 0.1) is 27.7 Å². The maximum absolute atomic E-state index is 12.8. The van der Waals surface area contributed by atoms with E-state index in [1.54, 1.807) is 0 Å². The van der Waals surface area contributed by atoms with Gasteiger partial charge in [0.25, 0.3) is 7.82 Å². The highest BCUT2D eigenvalue weighted by molar-refractivity contribution is 7.45. The van der Waals surface area contributed by atoms with Crippen LogP contribution in [0.15, 0.2) is 97.2 Å². The molecule has 10 heteroatoms. The summed E-state index contributed by atoms with van der Waals surface area (Å²) in [5.74, 6) is -0.849. The van der Waals surface area contributed by atoms with Crippen LogP contribution in [0.25, 0.3) is 0 Å². The standard InChI is InChI=1S/C60H104NO8P/c1-6-8-10-12-14-16-18-20-22-24-25-26-27-28-29-30-31-32-33-34-35-37-39-41-43-45-47-49-51-53-60(63)69-58(57-68-70(64,65)67-55-54-61(3,4)5)56-66-59(62)52-50-48-46-44-42-40-38-36-23-21-19-17-15-13-11-9-7-2/h8-11,14-17,20-23,25-26,28-29,58H,6-7,12-13,18-19,24,27,30-57H2,1-5H3/b10-8-,11-9-,16-14-,17-15-,22-20-,23-21-,26-25-,29-28-. The summed E-state index contributed by atoms with van der Waals surface area (Å²) in [5, 5.41) is 0. The van der Waals surface area contributed by atoms with E-state index in [1.807, 2.05) is 21.1 Å². The molecule has 2 atom stereocenters. The van der Waals surface area contributed by atoms with E-state index in [9.17, 15) is 19.0 Å². The van der Waals surface area contributed by atoms with Crippen molar-refractivity contribution in [3.63, 3.8) is 0 Å². The quantitative estimate of drug-likeness (QED) is 0.0195. The number of hydrogen-bond acceptors (Lipinski definition) is 8. The third-order valence-electron chi connectivity index (χ3n) is 11.6. The SMILES string of the molecule is CC/C=C\C/C=C\C/C=C\C/C=C\C/C=C\CCCCCCCCCCCCCCCC(=O)OC(COC(=O)CCCCCCCCC/C=C\C/C=C\C/C=C\CC)COP(=O)([O-])OCC[N+](C)(C)C. The van der Waals surface area contributed by atoms with Gasteiger partial charge in [-0.05, 0) is 89.9 Å². The first kappa shape index (κ1) is 66.9. The Kier molecular flexibility index (Phi) is 48.6. The van der Waals surface area contributed by atoms with Crippen LogP contribution in [-0.2, 0) is 32.7 Å². The number of rotatable bonds is 50. The number of ether oxygens (including phenoxy) is 2. The molecule has 0 amide bonds. The Morgan fingerprint density at radius 1 is 0.443 bits per heavy atom. The van der Waals surface area contributed by atoms with Crippen molar-refractivity contribution in [2.24, 2.45) is 0 Å². The van der Waals surface area contributed by atoms with Crippen molar-refractivity contribution in [3.05, 3.63) is 97.2 Å². The Bertz CT molecular complexity index is 1500. The Balaban J connectivity index is 4.17. The summed E-state index contributed by atoms with van der Waals surface area (Å²) in [7, 11) is 1.15. The van der Waals surface area contributed by atoms with Gasteiger partial charge in [-0.3, -0.25) is 14.2 Å². The zero-order valence-corrected chi connectivity index (χ0v) is 46.3. The molecule has 0 aliphatic rings. The highest BCUT2D eigenvalue weighted by Gasteiger charge is 2.21. The van der Waals surface area contributed by atoms with E-state index in [2.05, 4.69) is 111 Å². The third kappa shape index (κ3) is 54.3. The number of carbonyl (C=O) groups excluding carboxylic acids is 2. The number of phosphoric ester groups is 1. The predicted molar refractivity (Wildman–Crippen MR) is 295 cm³/mol. The van der Waals surface area contributed by atoms with Gasteiger partial charge in [-0.25, -0.2) is 0 Å². The predicted octanol–water partition coefficient (Wildman–Crippen LogP) is 16.6. The van der Waals surface area contributed by atoms with Crippen LogP contribution in [0.5, 0.6) is 0 Å². The number of phosphoric acid groups is 1. The smallest absolute Gasteiger partial charge is 0.306 e. The molecule has 0 saturated heterocycles. The van der Waals surface area contributed by atoms with E-state index in [1.165, 1.54) is 83.5 Å². The first-order valence-corrected chi connectivity index (χ1v) is 29.4. The molecule has 0 spiro atoms. The molecule has 402 valence electrons. The van der Waals surface area contributed by atoms with Crippen molar-refractivity contribution in [1.29, 1.82) is 0 Å². The molecule has 70 heavy (non-hydrogen) atoms. The number of likely N-dealkylation sites (N-methyl/N-ethyl adjacent to an activating group) is 1. The lowest BCUT2D eigenvalue weighted by Crippen LogP contribution is -2.37. The number of allylic oxidation sites excluding steroid dienone is 16. The van der Waals surface area contributed by atoms with Gasteiger partial charge in [0, 0.05) is 12.8 Å². The maximum Gasteiger partial charge on any atom is 0.306 e. The summed E-state index contributed by atoms with van der Waals surface area (Å²) in [5.41, 5.74) is 0. The topological polar surface area (TPSA) is 111 Å². The molecule has 0 aromatic rings. The van der Waals surface area contributed by atoms with Crippen molar-refractivity contribution < 1.29 is 42.1 Å². The second kappa shape index (κ2) is 50.9. The highest BCUT2D eigenvalue weighted by atomic mass is 31.2. The molecule has 0 aliphatic heterocycles. The molecular weight excluding hydrogens is 894 g/mol. The van der Waals surface area contributed by atoms with Crippen molar-refractivity contribution in [2.45, 2.75) is 225 Å². The summed E-state index contributed by atoms with van der Waals surface area (Å²) in [6.07, 6.45) is 68.7. The van der Waals surface area contributed by atoms with Crippen molar-refractivity contribution in [1.82, 2.24) is 0 Å². The number of esters is 2. The molecule has 0 bridgehead atoms. The second-order valence-corrected chi connectivity index (χ2v) is 20.9. The lowest BCUT2D eigenvalue weighted by molar-refractivity contribution is -0.870. The molecule has 0 fully saturated rings. The van der Waals surface area contributed by atoms with Gasteiger partial charge in [0.1, 0.15) is 19.8 Å². The van der Waals surface area contributed by atoms with Crippen LogP contribution in [0, 0.1) is 0 Å². The van der Waals surface area contributed by atoms with Crippen LogP contribution in [0.1, 0.15) is 219 Å². The fourth-order valence-electron chi connectivity index (χ4n) is 7.34. The normalized spacial score (nSPS) is 14.1. The van der Waals surface area contributed by atoms with Gasteiger partial charge in [-0.2, -0.15) is 0 Å². The van der Waals surface area contributed by atoms with E-state index in [0.717, 1.165) is 96.3 Å². The Hall–Kier alpha value is -3.07. The fraction of sp³-hybridized carbons (Fsp3) is 0.700. The van der Waals surface area contributed by atoms with E-state index in [0.29, 0.717) is 23.9 Å². The zero-order chi connectivity index (χ0) is 51.3. The fourth-order valence-corrected chi connectivity index (χ4v) is 8.07. The molecule has 0 radical (unpaired) electrons. The van der Waals surface area contributed by atoms with Crippen LogP contribution in [-0.4, -0.2) is 70.0 Å². The molecule has 0 heterocycles. The van der Waals surface area contributed by atoms with Crippen LogP contribution in [0.4, 0.5) is 0 Å². The van der Waals surface area contributed by atoms with Gasteiger partial charge in [0.2, 0.25) is 0 Å². The number of quaternary nitrogens is 1. The van der Waals surface area contributed by atoms with E-state index in [-0.39, 0.29) is 26.1 Å². The average Bonchev–Trinajstić information content (AvgIpc) is 3.32. The molecule has 0 saturated carbocycles. The summed E-state index contributed by atoms with van der Waals surface area (Å²) >= 11 is 0. The minimum absolute atomic E-state index is 0.0369. The monoisotopic (exact) mass is 998 g/mol. The molecule has 0 aliphatic carbocycles. The maximum atomic E-state index is 12.8. The summed E-state index contributed by atoms with van der Waals surface area (Å²) in [6, 6.07) is 0. The van der Waals surface area contributed by atoms with E-state index in [4.69, 9.17) is 18.5 Å². The molecule has 0 aromatic heterocycles. The lowest BCUT2D eigenvalue weighted by Gasteiger charge is -2.28. The minimum atomic E-state index is -4.64. The first-order valence-electron chi connectivity index (χ1n) is 27.9. The summed E-state index contributed by atoms with van der Waals surface area (Å²) in [6.45, 7) is 4.00. The summed E-state index contributed by atoms with van der Waals surface area (Å²) in [4.78, 5) is 37.8. The van der Waals surface area contributed by atoms with Crippen LogP contribution in [0.2, 0.25) is 0 Å². The molecular formula is C60H104NO8P. The van der Waals surface area contributed by atoms with Crippen LogP contribution in [0.3, 0.4) is 0 Å². The van der Waals surface area contributed by atoms with Crippen molar-refractivity contribution in [3.8, 4) is 0 Å². The number of carbonyl (C=O) groups is 2. The third-order valence-corrected chi connectivity index (χ3v) is 12.6. The summed E-state index contributed by atoms with van der Waals surface area (Å²) < 4.78 is 34.1. The molecule has 0 rings (SSSR count). The number of nitrogens with zero attached hydrogens (tertiary/aromatic N) is 1. The van der Waals surface area contributed by atoms with Gasteiger partial charge in [0.15, 0.2) is 6.10 Å². The molecule has 9 nitrogen and oxygen atoms in total. The van der Waals surface area contributed by atoms with Gasteiger partial charge >= 0.3 is 11.9 Å². The molecule has 0 N–H and O–H groups in total. The van der Waals surface area contributed by atoms with Crippen molar-refractivity contribution in [2.75, 3.05) is 47.5 Å². The van der Waals surface area contributed by atoms with Crippen LogP contribution < -0.4 is 4.89 Å². The Labute approximate surface area is 430 Å². The highest BCUT2D eigenvalue weighted by Crippen LogP contribution is 2.38. The van der Waals surface area contributed by atoms with E-state index < -0.39 is 32.5 Å². The van der Waals surface area contributed by atoms with Crippen molar-refractivity contribution >= 4 is 19.8 Å². The number of unbranched alkanes of at least 4 members (excludes halogenated alkanes) is 20. The van der Waals surface area contributed by atoms with Crippen LogP contribution >= 0.6 is 7.82 Å². The Morgan fingerprint density at radius 3 is 1.14 bits per heavy atom. The lowest BCUT2D eigenvalue weighted by atomic mass is 10.0. The largest absolute Gasteiger partial charge is 0.756 e. The zero-order valence-electron chi connectivity index (χ0n) is 45.4. The minimum Gasteiger partial charge on any atom is -0.756 e. The number of hydrogen-bond donors (Lipinski definition) is 0. The van der Waals surface area contributed by atoms with Gasteiger partial charge < -0.3 is 27.9 Å². The average molecular weight is 998 g/mol. The Morgan fingerprint density at radius 2 is 0.771 bits per heavy atom.